The van der Waals surface area contributed by atoms with Crippen molar-refractivity contribution in [1.29, 1.82) is 0 Å². The summed E-state index contributed by atoms with van der Waals surface area (Å²) < 4.78 is 0. The second kappa shape index (κ2) is 4.18. The number of H-pyrrole nitrogens is 1. The van der Waals surface area contributed by atoms with Gasteiger partial charge in [-0.15, -0.1) is 0 Å². The number of imidazole rings is 1. The molecular weight excluding hydrogens is 222 g/mol. The summed E-state index contributed by atoms with van der Waals surface area (Å²) in [5, 5.41) is 0. The van der Waals surface area contributed by atoms with E-state index in [9.17, 15) is 0 Å². The van der Waals surface area contributed by atoms with Gasteiger partial charge in [0.2, 0.25) is 0 Å². The summed E-state index contributed by atoms with van der Waals surface area (Å²) in [6.45, 7) is 2.14. The Morgan fingerprint density at radius 3 is 2.56 bits per heavy atom. The Morgan fingerprint density at radius 1 is 1.06 bits per heavy atom. The van der Waals surface area contributed by atoms with Crippen LogP contribution in [0.4, 0.5) is 5.69 Å². The predicted molar refractivity (Wildman–Crippen MR) is 74.5 cm³/mol. The Hall–Kier alpha value is -2.29. The highest BCUT2D eigenvalue weighted by Gasteiger charge is 2.13. The van der Waals surface area contributed by atoms with E-state index in [4.69, 9.17) is 5.73 Å². The number of anilines is 1. The number of aromatic nitrogens is 2. The Morgan fingerprint density at radius 2 is 1.83 bits per heavy atom. The van der Waals surface area contributed by atoms with Crippen molar-refractivity contribution in [3.05, 3.63) is 59.9 Å². The van der Waals surface area contributed by atoms with Gasteiger partial charge in [-0.1, -0.05) is 43.3 Å². The fourth-order valence-electron chi connectivity index (χ4n) is 2.18. The first-order valence-electron chi connectivity index (χ1n) is 6.05. The lowest BCUT2D eigenvalue weighted by atomic mass is 10.0. The van der Waals surface area contributed by atoms with Crippen molar-refractivity contribution in [3.63, 3.8) is 0 Å². The molecule has 3 rings (SSSR count). The lowest BCUT2D eigenvalue weighted by Crippen LogP contribution is -1.97. The molecule has 0 radical (unpaired) electrons. The van der Waals surface area contributed by atoms with Crippen LogP contribution in [0.2, 0.25) is 0 Å². The van der Waals surface area contributed by atoms with Crippen molar-refractivity contribution in [1.82, 2.24) is 9.97 Å². The highest BCUT2D eigenvalue weighted by atomic mass is 14.9. The molecule has 0 saturated heterocycles. The van der Waals surface area contributed by atoms with E-state index in [1.807, 2.05) is 36.4 Å². The second-order valence-corrected chi connectivity index (χ2v) is 4.50. The Balaban J connectivity index is 2.07. The number of hydrogen-bond donors (Lipinski definition) is 2. The molecule has 0 spiro atoms. The number of nitrogens with zero attached hydrogens (tertiary/aromatic N) is 1. The summed E-state index contributed by atoms with van der Waals surface area (Å²) in [6, 6.07) is 16.1. The van der Waals surface area contributed by atoms with Gasteiger partial charge in [0.15, 0.2) is 0 Å². The van der Waals surface area contributed by atoms with Gasteiger partial charge < -0.3 is 10.7 Å². The summed E-state index contributed by atoms with van der Waals surface area (Å²) in [6.07, 6.45) is 0. The van der Waals surface area contributed by atoms with Crippen LogP contribution in [0.1, 0.15) is 24.2 Å². The van der Waals surface area contributed by atoms with Crippen LogP contribution in [-0.4, -0.2) is 9.97 Å². The van der Waals surface area contributed by atoms with Crippen molar-refractivity contribution in [2.45, 2.75) is 12.8 Å². The zero-order chi connectivity index (χ0) is 12.5. The molecule has 0 amide bonds. The van der Waals surface area contributed by atoms with E-state index in [2.05, 4.69) is 29.0 Å². The topological polar surface area (TPSA) is 54.7 Å². The first-order valence-corrected chi connectivity index (χ1v) is 6.05. The first kappa shape index (κ1) is 10.8. The number of fused-ring (bicyclic) bond motifs is 1. The van der Waals surface area contributed by atoms with Crippen LogP contribution in [0, 0.1) is 0 Å². The van der Waals surface area contributed by atoms with Crippen molar-refractivity contribution < 1.29 is 0 Å². The molecule has 0 fully saturated rings. The van der Waals surface area contributed by atoms with E-state index in [0.717, 1.165) is 22.5 Å². The zero-order valence-corrected chi connectivity index (χ0v) is 10.2. The average Bonchev–Trinajstić information content (AvgIpc) is 2.84. The Bertz CT molecular complexity index is 671. The molecule has 18 heavy (non-hydrogen) atoms. The number of benzene rings is 2. The minimum absolute atomic E-state index is 0.234. The van der Waals surface area contributed by atoms with Crippen LogP contribution in [-0.2, 0) is 0 Å². The molecular formula is C15H15N3. The molecule has 0 saturated carbocycles. The molecule has 2 aromatic carbocycles. The van der Waals surface area contributed by atoms with E-state index >= 15 is 0 Å². The van der Waals surface area contributed by atoms with Gasteiger partial charge in [-0.3, -0.25) is 0 Å². The maximum absolute atomic E-state index is 5.93. The highest BCUT2D eigenvalue weighted by molar-refractivity contribution is 5.87. The smallest absolute Gasteiger partial charge is 0.114 e. The van der Waals surface area contributed by atoms with Crippen molar-refractivity contribution >= 4 is 16.7 Å². The normalized spacial score (nSPS) is 12.7. The molecule has 90 valence electrons. The van der Waals surface area contributed by atoms with Gasteiger partial charge >= 0.3 is 0 Å². The van der Waals surface area contributed by atoms with Gasteiger partial charge in [-0.05, 0) is 17.7 Å². The number of hydrogen-bond acceptors (Lipinski definition) is 2. The maximum atomic E-state index is 5.93. The summed E-state index contributed by atoms with van der Waals surface area (Å²) in [5.74, 6) is 1.19. The fourth-order valence-corrected chi connectivity index (χ4v) is 2.18. The van der Waals surface area contributed by atoms with Crippen LogP contribution in [0.25, 0.3) is 11.0 Å². The van der Waals surface area contributed by atoms with E-state index < -0.39 is 0 Å². The minimum Gasteiger partial charge on any atom is -0.397 e. The summed E-state index contributed by atoms with van der Waals surface area (Å²) in [4.78, 5) is 7.95. The Labute approximate surface area is 106 Å². The zero-order valence-electron chi connectivity index (χ0n) is 10.2. The van der Waals surface area contributed by atoms with Crippen LogP contribution >= 0.6 is 0 Å². The van der Waals surface area contributed by atoms with Crippen LogP contribution in [0.3, 0.4) is 0 Å². The predicted octanol–water partition coefficient (Wildman–Crippen LogP) is 3.30. The third kappa shape index (κ3) is 1.74. The molecule has 1 atom stereocenters. The number of nitrogens with two attached hydrogens (primary N) is 1. The van der Waals surface area contributed by atoms with E-state index in [1.54, 1.807) is 0 Å². The van der Waals surface area contributed by atoms with Gasteiger partial charge in [-0.2, -0.15) is 0 Å². The fraction of sp³-hybridized carbons (Fsp3) is 0.133. The largest absolute Gasteiger partial charge is 0.397 e. The van der Waals surface area contributed by atoms with Gasteiger partial charge in [0.25, 0.3) is 0 Å². The monoisotopic (exact) mass is 237 g/mol. The molecule has 0 bridgehead atoms. The molecule has 1 heterocycles. The number of para-hydroxylation sites is 1. The van der Waals surface area contributed by atoms with Crippen molar-refractivity contribution in [2.24, 2.45) is 0 Å². The first-order chi connectivity index (χ1) is 8.75. The number of nitrogens with one attached hydrogen (secondary N) is 1. The molecule has 3 nitrogen and oxygen atoms in total. The Kier molecular flexibility index (Phi) is 2.52. The van der Waals surface area contributed by atoms with E-state index in [-0.39, 0.29) is 5.92 Å². The third-order valence-electron chi connectivity index (χ3n) is 3.27. The van der Waals surface area contributed by atoms with Crippen LogP contribution < -0.4 is 5.73 Å². The minimum atomic E-state index is 0.234. The molecule has 0 aliphatic heterocycles. The standard InChI is InChI=1S/C15H15N3/c1-10(11-6-3-2-4-7-11)15-17-13-9-5-8-12(16)14(13)18-15/h2-10H,16H2,1H3,(H,17,18). The molecule has 0 aliphatic carbocycles. The molecule has 3 heteroatoms. The number of aromatic amines is 1. The summed E-state index contributed by atoms with van der Waals surface area (Å²) in [7, 11) is 0. The van der Waals surface area contributed by atoms with E-state index in [1.165, 1.54) is 5.56 Å². The van der Waals surface area contributed by atoms with Crippen LogP contribution in [0.15, 0.2) is 48.5 Å². The molecule has 1 unspecified atom stereocenters. The lowest BCUT2D eigenvalue weighted by molar-refractivity contribution is 0.846. The molecule has 1 aromatic heterocycles. The van der Waals surface area contributed by atoms with Gasteiger partial charge in [0.1, 0.15) is 11.3 Å². The average molecular weight is 237 g/mol. The van der Waals surface area contributed by atoms with Crippen molar-refractivity contribution in [2.75, 3.05) is 5.73 Å². The number of nitrogen functional groups attached to an aromatic ring is 1. The van der Waals surface area contributed by atoms with Crippen molar-refractivity contribution in [3.8, 4) is 0 Å². The van der Waals surface area contributed by atoms with Gasteiger partial charge in [-0.25, -0.2) is 4.98 Å². The number of rotatable bonds is 2. The van der Waals surface area contributed by atoms with Gasteiger partial charge in [0, 0.05) is 5.92 Å². The van der Waals surface area contributed by atoms with Crippen LogP contribution in [0.5, 0.6) is 0 Å². The SMILES string of the molecule is CC(c1ccccc1)c1nc2c(N)cccc2[nH]1. The molecule has 3 aromatic rings. The summed E-state index contributed by atoms with van der Waals surface area (Å²) >= 11 is 0. The summed E-state index contributed by atoms with van der Waals surface area (Å²) in [5.41, 5.74) is 9.74. The maximum Gasteiger partial charge on any atom is 0.114 e. The lowest BCUT2D eigenvalue weighted by Gasteiger charge is -2.07. The molecule has 3 N–H and O–H groups in total. The highest BCUT2D eigenvalue weighted by Crippen LogP contribution is 2.25. The van der Waals surface area contributed by atoms with E-state index in [0.29, 0.717) is 0 Å². The second-order valence-electron chi connectivity index (χ2n) is 4.50. The third-order valence-corrected chi connectivity index (χ3v) is 3.27. The molecule has 0 aliphatic rings. The van der Waals surface area contributed by atoms with Gasteiger partial charge in [0.05, 0.1) is 11.2 Å². The quantitative estimate of drug-likeness (QED) is 0.672.